The predicted molar refractivity (Wildman–Crippen MR) is 68.4 cm³/mol. The van der Waals surface area contributed by atoms with E-state index in [0.717, 1.165) is 6.07 Å². The SMILES string of the molecule is COc1ccc(F)c(-c2cc(F)ccc2C(C)=O)c1. The molecule has 0 atom stereocenters. The van der Waals surface area contributed by atoms with E-state index < -0.39 is 11.6 Å². The van der Waals surface area contributed by atoms with Gasteiger partial charge in [0, 0.05) is 11.1 Å². The molecule has 0 heterocycles. The van der Waals surface area contributed by atoms with Gasteiger partial charge in [0.05, 0.1) is 7.11 Å². The number of benzene rings is 2. The van der Waals surface area contributed by atoms with Crippen LogP contribution < -0.4 is 4.74 Å². The zero-order valence-electron chi connectivity index (χ0n) is 10.5. The first kappa shape index (κ1) is 13.2. The zero-order valence-corrected chi connectivity index (χ0v) is 10.5. The largest absolute Gasteiger partial charge is 0.497 e. The van der Waals surface area contributed by atoms with Gasteiger partial charge in [-0.05, 0) is 48.9 Å². The van der Waals surface area contributed by atoms with Crippen molar-refractivity contribution in [1.82, 2.24) is 0 Å². The van der Waals surface area contributed by atoms with Crippen LogP contribution in [0.3, 0.4) is 0 Å². The normalized spacial score (nSPS) is 10.3. The first-order chi connectivity index (χ1) is 9.02. The van der Waals surface area contributed by atoms with E-state index in [1.807, 2.05) is 0 Å². The first-order valence-electron chi connectivity index (χ1n) is 5.67. The highest BCUT2D eigenvalue weighted by atomic mass is 19.1. The highest BCUT2D eigenvalue weighted by molar-refractivity contribution is 6.00. The van der Waals surface area contributed by atoms with Crippen molar-refractivity contribution in [2.24, 2.45) is 0 Å². The second-order valence-corrected chi connectivity index (χ2v) is 4.09. The minimum Gasteiger partial charge on any atom is -0.497 e. The van der Waals surface area contributed by atoms with E-state index in [2.05, 4.69) is 0 Å². The van der Waals surface area contributed by atoms with Crippen LogP contribution in [0.25, 0.3) is 11.1 Å². The lowest BCUT2D eigenvalue weighted by atomic mass is 9.96. The quantitative estimate of drug-likeness (QED) is 0.785. The lowest BCUT2D eigenvalue weighted by Crippen LogP contribution is -1.99. The highest BCUT2D eigenvalue weighted by Gasteiger charge is 2.14. The molecule has 98 valence electrons. The van der Waals surface area contributed by atoms with Crippen molar-refractivity contribution in [2.75, 3.05) is 7.11 Å². The number of carbonyl (C=O) groups excluding carboxylic acids is 1. The molecule has 0 radical (unpaired) electrons. The zero-order chi connectivity index (χ0) is 14.0. The number of ether oxygens (including phenoxy) is 1. The van der Waals surface area contributed by atoms with Crippen molar-refractivity contribution >= 4 is 5.78 Å². The molecule has 0 amide bonds. The monoisotopic (exact) mass is 262 g/mol. The standard InChI is InChI=1S/C15H12F2O2/c1-9(18)12-5-3-10(16)7-13(12)14-8-11(19-2)4-6-15(14)17/h3-8H,1-2H3. The molecule has 0 spiro atoms. The molecule has 0 aromatic heterocycles. The molecule has 0 N–H and O–H groups in total. The molecule has 0 bridgehead atoms. The molecule has 0 saturated heterocycles. The predicted octanol–water partition coefficient (Wildman–Crippen LogP) is 3.84. The first-order valence-corrected chi connectivity index (χ1v) is 5.67. The van der Waals surface area contributed by atoms with Gasteiger partial charge in [0.25, 0.3) is 0 Å². The summed E-state index contributed by atoms with van der Waals surface area (Å²) in [4.78, 5) is 11.5. The number of methoxy groups -OCH3 is 1. The summed E-state index contributed by atoms with van der Waals surface area (Å²) in [6, 6.07) is 7.81. The summed E-state index contributed by atoms with van der Waals surface area (Å²) in [5.41, 5.74) is 0.640. The topological polar surface area (TPSA) is 26.3 Å². The fourth-order valence-electron chi connectivity index (χ4n) is 1.88. The van der Waals surface area contributed by atoms with Gasteiger partial charge in [-0.1, -0.05) is 0 Å². The molecule has 19 heavy (non-hydrogen) atoms. The minimum atomic E-state index is -0.533. The average Bonchev–Trinajstić information content (AvgIpc) is 2.38. The molecular formula is C15H12F2O2. The second kappa shape index (κ2) is 5.18. The molecule has 2 aromatic rings. The van der Waals surface area contributed by atoms with Gasteiger partial charge in [0.2, 0.25) is 0 Å². The van der Waals surface area contributed by atoms with Crippen molar-refractivity contribution in [2.45, 2.75) is 6.92 Å². The maximum atomic E-state index is 13.9. The molecule has 0 fully saturated rings. The molecule has 0 saturated carbocycles. The Kier molecular flexibility index (Phi) is 3.60. The Bertz CT molecular complexity index is 636. The Labute approximate surface area is 109 Å². The van der Waals surface area contributed by atoms with E-state index in [1.165, 1.54) is 44.4 Å². The van der Waals surface area contributed by atoms with Gasteiger partial charge in [-0.2, -0.15) is 0 Å². The summed E-state index contributed by atoms with van der Waals surface area (Å²) in [5, 5.41) is 0. The number of halogens is 2. The van der Waals surface area contributed by atoms with Gasteiger partial charge in [0.1, 0.15) is 17.4 Å². The lowest BCUT2D eigenvalue weighted by Gasteiger charge is -2.10. The van der Waals surface area contributed by atoms with Crippen LogP contribution in [0, 0.1) is 11.6 Å². The van der Waals surface area contributed by atoms with Gasteiger partial charge in [-0.25, -0.2) is 8.78 Å². The van der Waals surface area contributed by atoms with Gasteiger partial charge in [-0.15, -0.1) is 0 Å². The molecule has 0 aliphatic carbocycles. The van der Waals surface area contributed by atoms with Gasteiger partial charge in [-0.3, -0.25) is 4.79 Å². The summed E-state index contributed by atoms with van der Waals surface area (Å²) < 4.78 is 32.2. The van der Waals surface area contributed by atoms with Crippen LogP contribution in [0.15, 0.2) is 36.4 Å². The Morgan fingerprint density at radius 3 is 2.42 bits per heavy atom. The summed E-state index contributed by atoms with van der Waals surface area (Å²) in [6.45, 7) is 1.36. The van der Waals surface area contributed by atoms with Crippen molar-refractivity contribution in [3.63, 3.8) is 0 Å². The van der Waals surface area contributed by atoms with Gasteiger partial charge >= 0.3 is 0 Å². The van der Waals surface area contributed by atoms with Crippen molar-refractivity contribution in [3.05, 3.63) is 53.6 Å². The van der Waals surface area contributed by atoms with E-state index in [4.69, 9.17) is 4.74 Å². The van der Waals surface area contributed by atoms with Crippen molar-refractivity contribution in [1.29, 1.82) is 0 Å². The smallest absolute Gasteiger partial charge is 0.160 e. The molecule has 0 aliphatic heterocycles. The average molecular weight is 262 g/mol. The molecule has 2 aromatic carbocycles. The third-order valence-electron chi connectivity index (χ3n) is 2.82. The number of ketones is 1. The van der Waals surface area contributed by atoms with E-state index in [9.17, 15) is 13.6 Å². The van der Waals surface area contributed by atoms with Crippen LogP contribution in [0.4, 0.5) is 8.78 Å². The van der Waals surface area contributed by atoms with E-state index >= 15 is 0 Å². The van der Waals surface area contributed by atoms with Gasteiger partial charge in [0.15, 0.2) is 5.78 Å². The molecule has 2 nitrogen and oxygen atoms in total. The van der Waals surface area contributed by atoms with E-state index in [0.29, 0.717) is 5.75 Å². The summed E-state index contributed by atoms with van der Waals surface area (Å²) in [5.74, 6) is -0.872. The number of hydrogen-bond acceptors (Lipinski definition) is 2. The lowest BCUT2D eigenvalue weighted by molar-refractivity contribution is 0.101. The van der Waals surface area contributed by atoms with Crippen LogP contribution in [0.2, 0.25) is 0 Å². The third kappa shape index (κ3) is 2.62. The highest BCUT2D eigenvalue weighted by Crippen LogP contribution is 2.30. The van der Waals surface area contributed by atoms with Crippen LogP contribution in [0.1, 0.15) is 17.3 Å². The minimum absolute atomic E-state index is 0.143. The Morgan fingerprint density at radius 1 is 1.05 bits per heavy atom. The molecule has 4 heteroatoms. The van der Waals surface area contributed by atoms with Crippen LogP contribution in [0.5, 0.6) is 5.75 Å². The molecule has 0 aliphatic rings. The summed E-state index contributed by atoms with van der Waals surface area (Å²) >= 11 is 0. The summed E-state index contributed by atoms with van der Waals surface area (Å²) in [6.07, 6.45) is 0. The van der Waals surface area contributed by atoms with Crippen molar-refractivity contribution in [3.8, 4) is 16.9 Å². The number of Topliss-reactive ketones (excluding diaryl/α,β-unsaturated/α-hetero) is 1. The molecule has 2 rings (SSSR count). The van der Waals surface area contributed by atoms with Gasteiger partial charge < -0.3 is 4.74 Å². The second-order valence-electron chi connectivity index (χ2n) is 4.09. The number of carbonyl (C=O) groups is 1. The maximum Gasteiger partial charge on any atom is 0.160 e. The number of hydrogen-bond donors (Lipinski definition) is 0. The number of rotatable bonds is 3. The maximum absolute atomic E-state index is 13.9. The van der Waals surface area contributed by atoms with E-state index in [-0.39, 0.29) is 22.5 Å². The molecule has 0 unspecified atom stereocenters. The van der Waals surface area contributed by atoms with Crippen LogP contribution >= 0.6 is 0 Å². The van der Waals surface area contributed by atoms with Crippen LogP contribution in [-0.4, -0.2) is 12.9 Å². The molecular weight excluding hydrogens is 250 g/mol. The Hall–Kier alpha value is -2.23. The Balaban J connectivity index is 2.70. The van der Waals surface area contributed by atoms with Crippen LogP contribution in [-0.2, 0) is 0 Å². The summed E-state index contributed by atoms with van der Waals surface area (Å²) in [7, 11) is 1.45. The van der Waals surface area contributed by atoms with E-state index in [1.54, 1.807) is 0 Å². The third-order valence-corrected chi connectivity index (χ3v) is 2.82. The fraction of sp³-hybridized carbons (Fsp3) is 0.133. The van der Waals surface area contributed by atoms with Crippen molar-refractivity contribution < 1.29 is 18.3 Å². The fourth-order valence-corrected chi connectivity index (χ4v) is 1.88. The Morgan fingerprint density at radius 2 is 1.79 bits per heavy atom.